The first-order valence-electron chi connectivity index (χ1n) is 6.91. The van der Waals surface area contributed by atoms with E-state index in [-0.39, 0.29) is 6.04 Å². The van der Waals surface area contributed by atoms with E-state index in [2.05, 4.69) is 9.88 Å². The van der Waals surface area contributed by atoms with Crippen LogP contribution in [0.1, 0.15) is 31.4 Å². The van der Waals surface area contributed by atoms with Crippen LogP contribution in [0.4, 0.5) is 5.82 Å². The van der Waals surface area contributed by atoms with E-state index in [9.17, 15) is 4.79 Å². The number of hydrogen-bond acceptors (Lipinski definition) is 4. The Bertz CT molecular complexity index is 488. The minimum Gasteiger partial charge on any atom is -0.353 e. The lowest BCUT2D eigenvalue weighted by atomic mass is 10.1. The molecule has 1 amide bonds. The average molecular weight is 260 g/mol. The van der Waals surface area contributed by atoms with Crippen LogP contribution < -0.4 is 10.6 Å². The van der Waals surface area contributed by atoms with Crippen molar-refractivity contribution in [1.82, 2.24) is 9.88 Å². The second-order valence-corrected chi connectivity index (χ2v) is 5.43. The summed E-state index contributed by atoms with van der Waals surface area (Å²) in [6.07, 6.45) is 3.48. The molecular weight excluding hydrogens is 240 g/mol. The highest BCUT2D eigenvalue weighted by Crippen LogP contribution is 2.28. The first kappa shape index (κ1) is 12.4. The zero-order valence-corrected chi connectivity index (χ0v) is 11.2. The zero-order chi connectivity index (χ0) is 13.4. The van der Waals surface area contributed by atoms with Gasteiger partial charge in [0.1, 0.15) is 5.82 Å². The number of anilines is 1. The van der Waals surface area contributed by atoms with Crippen LogP contribution in [0, 0.1) is 0 Å². The van der Waals surface area contributed by atoms with Crippen LogP contribution in [0.15, 0.2) is 18.3 Å². The maximum absolute atomic E-state index is 11.7. The fourth-order valence-electron chi connectivity index (χ4n) is 3.09. The van der Waals surface area contributed by atoms with Gasteiger partial charge in [-0.3, -0.25) is 4.79 Å². The van der Waals surface area contributed by atoms with E-state index in [1.54, 1.807) is 0 Å². The molecule has 0 aliphatic carbocycles. The van der Waals surface area contributed by atoms with Gasteiger partial charge >= 0.3 is 0 Å². The summed E-state index contributed by atoms with van der Waals surface area (Å²) in [6, 6.07) is 4.30. The number of nitrogens with zero attached hydrogens (tertiary/aromatic N) is 3. The average Bonchev–Trinajstić information content (AvgIpc) is 2.80. The predicted molar refractivity (Wildman–Crippen MR) is 73.8 cm³/mol. The van der Waals surface area contributed by atoms with Gasteiger partial charge in [-0.25, -0.2) is 4.98 Å². The van der Waals surface area contributed by atoms with Crippen molar-refractivity contribution in [3.05, 3.63) is 23.9 Å². The molecule has 0 spiro atoms. The molecule has 102 valence electrons. The third-order valence-electron chi connectivity index (χ3n) is 4.10. The Hall–Kier alpha value is -1.62. The van der Waals surface area contributed by atoms with Crippen molar-refractivity contribution in [2.45, 2.75) is 31.8 Å². The minimum absolute atomic E-state index is 0.0214. The molecule has 5 heteroatoms. The molecule has 19 heavy (non-hydrogen) atoms. The second kappa shape index (κ2) is 4.81. The summed E-state index contributed by atoms with van der Waals surface area (Å²) in [4.78, 5) is 20.5. The molecule has 2 fully saturated rings. The summed E-state index contributed by atoms with van der Waals surface area (Å²) < 4.78 is 0. The molecule has 2 unspecified atom stereocenters. The number of fused-ring (bicyclic) bond motifs is 1. The molecule has 2 atom stereocenters. The Morgan fingerprint density at radius 1 is 1.47 bits per heavy atom. The Morgan fingerprint density at radius 2 is 2.32 bits per heavy atom. The monoisotopic (exact) mass is 260 g/mol. The lowest BCUT2D eigenvalue weighted by Crippen LogP contribution is -2.52. The van der Waals surface area contributed by atoms with Gasteiger partial charge in [-0.1, -0.05) is 6.07 Å². The highest BCUT2D eigenvalue weighted by atomic mass is 16.2. The molecule has 0 radical (unpaired) electrons. The van der Waals surface area contributed by atoms with Gasteiger partial charge in [-0.15, -0.1) is 0 Å². The van der Waals surface area contributed by atoms with Crippen molar-refractivity contribution in [1.29, 1.82) is 0 Å². The van der Waals surface area contributed by atoms with E-state index < -0.39 is 0 Å². The number of hydrogen-bond donors (Lipinski definition) is 1. The Labute approximate surface area is 113 Å². The molecule has 0 aromatic carbocycles. The molecule has 5 nitrogen and oxygen atoms in total. The normalized spacial score (nSPS) is 24.5. The number of aromatic nitrogens is 1. The van der Waals surface area contributed by atoms with Crippen molar-refractivity contribution in [3.63, 3.8) is 0 Å². The van der Waals surface area contributed by atoms with Crippen LogP contribution in [0.5, 0.6) is 0 Å². The molecule has 2 aliphatic rings. The first-order chi connectivity index (χ1) is 9.16. The highest BCUT2D eigenvalue weighted by Gasteiger charge is 2.36. The van der Waals surface area contributed by atoms with Gasteiger partial charge in [0.25, 0.3) is 0 Å². The number of nitrogens with two attached hydrogens (primary N) is 1. The molecule has 0 saturated carbocycles. The summed E-state index contributed by atoms with van der Waals surface area (Å²) in [5, 5.41) is 0. The van der Waals surface area contributed by atoms with Crippen molar-refractivity contribution < 1.29 is 4.79 Å². The standard InChI is InChI=1S/C14H20N4O/c1-10(15)12-3-2-6-16-14(12)17-7-8-18-11(9-17)4-5-13(18)19/h2-3,6,10-11H,4-5,7-9,15H2,1H3. The topological polar surface area (TPSA) is 62.5 Å². The Kier molecular flexibility index (Phi) is 3.14. The molecular formula is C14H20N4O. The van der Waals surface area contributed by atoms with Gasteiger partial charge in [0, 0.05) is 49.9 Å². The Morgan fingerprint density at radius 3 is 3.11 bits per heavy atom. The first-order valence-corrected chi connectivity index (χ1v) is 6.91. The van der Waals surface area contributed by atoms with Gasteiger partial charge in [0.05, 0.1) is 0 Å². The number of piperazine rings is 1. The van der Waals surface area contributed by atoms with Gasteiger partial charge < -0.3 is 15.5 Å². The van der Waals surface area contributed by atoms with Crippen LogP contribution in [0.25, 0.3) is 0 Å². The summed E-state index contributed by atoms with van der Waals surface area (Å²) in [5.74, 6) is 1.29. The molecule has 2 saturated heterocycles. The van der Waals surface area contributed by atoms with Crippen LogP contribution in [-0.4, -0.2) is 41.5 Å². The molecule has 3 heterocycles. The Balaban J connectivity index is 1.83. The van der Waals surface area contributed by atoms with E-state index in [1.807, 2.05) is 30.2 Å². The number of pyridine rings is 1. The van der Waals surface area contributed by atoms with E-state index in [0.717, 1.165) is 37.4 Å². The SMILES string of the molecule is CC(N)c1cccnc1N1CCN2C(=O)CCC2C1. The van der Waals surface area contributed by atoms with E-state index in [1.165, 1.54) is 0 Å². The van der Waals surface area contributed by atoms with E-state index >= 15 is 0 Å². The summed E-state index contributed by atoms with van der Waals surface area (Å²) >= 11 is 0. The van der Waals surface area contributed by atoms with Crippen molar-refractivity contribution >= 4 is 11.7 Å². The number of amides is 1. The van der Waals surface area contributed by atoms with Crippen LogP contribution in [0.2, 0.25) is 0 Å². The zero-order valence-electron chi connectivity index (χ0n) is 11.2. The molecule has 2 aliphatic heterocycles. The highest BCUT2D eigenvalue weighted by molar-refractivity contribution is 5.79. The third-order valence-corrected chi connectivity index (χ3v) is 4.10. The van der Waals surface area contributed by atoms with Gasteiger partial charge in [0.15, 0.2) is 0 Å². The molecule has 1 aromatic heterocycles. The molecule has 1 aromatic rings. The van der Waals surface area contributed by atoms with Crippen molar-refractivity contribution in [2.75, 3.05) is 24.5 Å². The third kappa shape index (κ3) is 2.18. The number of carbonyl (C=O) groups excluding carboxylic acids is 1. The van der Waals surface area contributed by atoms with Gasteiger partial charge in [0.2, 0.25) is 5.91 Å². The van der Waals surface area contributed by atoms with Crippen LogP contribution >= 0.6 is 0 Å². The molecule has 2 N–H and O–H groups in total. The number of carbonyl (C=O) groups is 1. The number of rotatable bonds is 2. The second-order valence-electron chi connectivity index (χ2n) is 5.43. The fourth-order valence-corrected chi connectivity index (χ4v) is 3.09. The smallest absolute Gasteiger partial charge is 0.223 e. The quantitative estimate of drug-likeness (QED) is 0.858. The lowest BCUT2D eigenvalue weighted by Gasteiger charge is -2.39. The van der Waals surface area contributed by atoms with Gasteiger partial charge in [-0.05, 0) is 19.4 Å². The molecule has 3 rings (SSSR count). The largest absolute Gasteiger partial charge is 0.353 e. The maximum atomic E-state index is 11.7. The molecule has 0 bridgehead atoms. The van der Waals surface area contributed by atoms with E-state index in [0.29, 0.717) is 18.4 Å². The van der Waals surface area contributed by atoms with Crippen molar-refractivity contribution in [2.24, 2.45) is 5.73 Å². The predicted octanol–water partition coefficient (Wildman–Crippen LogP) is 0.912. The summed E-state index contributed by atoms with van der Waals surface area (Å²) in [7, 11) is 0. The maximum Gasteiger partial charge on any atom is 0.223 e. The minimum atomic E-state index is -0.0214. The lowest BCUT2D eigenvalue weighted by molar-refractivity contribution is -0.129. The van der Waals surface area contributed by atoms with Crippen molar-refractivity contribution in [3.8, 4) is 0 Å². The van der Waals surface area contributed by atoms with Gasteiger partial charge in [-0.2, -0.15) is 0 Å². The fraction of sp³-hybridized carbons (Fsp3) is 0.571. The van der Waals surface area contributed by atoms with Crippen LogP contribution in [-0.2, 0) is 4.79 Å². The van der Waals surface area contributed by atoms with E-state index in [4.69, 9.17) is 5.73 Å². The summed E-state index contributed by atoms with van der Waals surface area (Å²) in [5.41, 5.74) is 7.10. The summed E-state index contributed by atoms with van der Waals surface area (Å²) in [6.45, 7) is 4.51. The van der Waals surface area contributed by atoms with Crippen LogP contribution in [0.3, 0.4) is 0 Å².